The highest BCUT2D eigenvalue weighted by atomic mass is 32.2. The van der Waals surface area contributed by atoms with Crippen molar-refractivity contribution in [3.8, 4) is 5.69 Å². The molecule has 0 unspecified atom stereocenters. The first-order chi connectivity index (χ1) is 14.1. The molecule has 0 saturated heterocycles. The van der Waals surface area contributed by atoms with Crippen LogP contribution in [0.15, 0.2) is 83.1 Å². The number of benzene rings is 2. The van der Waals surface area contributed by atoms with Crippen molar-refractivity contribution in [3.05, 3.63) is 90.0 Å². The van der Waals surface area contributed by atoms with Crippen LogP contribution in [0.2, 0.25) is 0 Å². The van der Waals surface area contributed by atoms with Gasteiger partial charge in [0.2, 0.25) is 0 Å². The van der Waals surface area contributed by atoms with Gasteiger partial charge in [-0.2, -0.15) is 5.10 Å². The number of hydrogen-bond acceptors (Lipinski definition) is 5. The van der Waals surface area contributed by atoms with Gasteiger partial charge in [-0.15, -0.1) is 0 Å². The van der Waals surface area contributed by atoms with Gasteiger partial charge in [-0.3, -0.25) is 4.79 Å². The number of aromatic nitrogens is 4. The molecule has 0 aliphatic heterocycles. The Bertz CT molecular complexity index is 1120. The molecule has 1 amide bonds. The van der Waals surface area contributed by atoms with Gasteiger partial charge < -0.3 is 5.32 Å². The summed E-state index contributed by atoms with van der Waals surface area (Å²) in [5, 5.41) is 7.88. The van der Waals surface area contributed by atoms with Crippen LogP contribution in [-0.2, 0) is 0 Å². The van der Waals surface area contributed by atoms with Crippen LogP contribution in [0.25, 0.3) is 5.69 Å². The van der Waals surface area contributed by atoms with Crippen molar-refractivity contribution in [1.82, 2.24) is 19.7 Å². The Kier molecular flexibility index (Phi) is 5.39. The summed E-state index contributed by atoms with van der Waals surface area (Å²) in [5.74, 6) is -0.203. The summed E-state index contributed by atoms with van der Waals surface area (Å²) in [6.07, 6.45) is 3.27. The van der Waals surface area contributed by atoms with Crippen molar-refractivity contribution in [2.24, 2.45) is 0 Å². The van der Waals surface area contributed by atoms with Gasteiger partial charge in [-0.1, -0.05) is 18.2 Å². The molecule has 6 nitrogen and oxygen atoms in total. The predicted octanol–water partition coefficient (Wildman–Crippen LogP) is 4.68. The van der Waals surface area contributed by atoms with E-state index >= 15 is 0 Å². The maximum absolute atomic E-state index is 12.5. The highest BCUT2D eigenvalue weighted by Crippen LogP contribution is 2.26. The molecule has 4 rings (SSSR count). The van der Waals surface area contributed by atoms with Crippen molar-refractivity contribution in [2.75, 3.05) is 5.32 Å². The van der Waals surface area contributed by atoms with Crippen LogP contribution in [0.3, 0.4) is 0 Å². The first-order valence-corrected chi connectivity index (χ1v) is 9.90. The zero-order valence-corrected chi connectivity index (χ0v) is 16.9. The summed E-state index contributed by atoms with van der Waals surface area (Å²) < 4.78 is 1.68. The molecule has 0 aliphatic rings. The lowest BCUT2D eigenvalue weighted by Crippen LogP contribution is -2.10. The summed E-state index contributed by atoms with van der Waals surface area (Å²) in [6.45, 7) is 3.91. The molecule has 0 radical (unpaired) electrons. The zero-order chi connectivity index (χ0) is 20.2. The van der Waals surface area contributed by atoms with Crippen LogP contribution in [-0.4, -0.2) is 25.7 Å². The van der Waals surface area contributed by atoms with Gasteiger partial charge >= 0.3 is 0 Å². The third-order valence-corrected chi connectivity index (χ3v) is 5.02. The molecule has 0 aliphatic carbocycles. The minimum Gasteiger partial charge on any atom is -0.322 e. The van der Waals surface area contributed by atoms with E-state index in [9.17, 15) is 4.79 Å². The molecule has 1 N–H and O–H groups in total. The number of aryl methyl sites for hydroxylation is 2. The number of carbonyl (C=O) groups excluding carboxylic acids is 1. The summed E-state index contributed by atoms with van der Waals surface area (Å²) in [7, 11) is 0. The summed E-state index contributed by atoms with van der Waals surface area (Å²) in [5.41, 5.74) is 4.01. The van der Waals surface area contributed by atoms with Crippen LogP contribution in [0.1, 0.15) is 21.7 Å². The summed E-state index contributed by atoms with van der Waals surface area (Å²) >= 11 is 1.49. The zero-order valence-electron chi connectivity index (χ0n) is 16.0. The van der Waals surface area contributed by atoms with Crippen molar-refractivity contribution < 1.29 is 4.79 Å². The van der Waals surface area contributed by atoms with E-state index in [4.69, 9.17) is 0 Å². The number of nitrogens with one attached hydrogen (secondary N) is 1. The van der Waals surface area contributed by atoms with Gasteiger partial charge in [0.1, 0.15) is 0 Å². The second kappa shape index (κ2) is 8.28. The Morgan fingerprint density at radius 2 is 1.66 bits per heavy atom. The van der Waals surface area contributed by atoms with Gasteiger partial charge in [0.15, 0.2) is 5.16 Å². The Morgan fingerprint density at radius 1 is 0.966 bits per heavy atom. The lowest BCUT2D eigenvalue weighted by molar-refractivity contribution is 0.102. The topological polar surface area (TPSA) is 72.7 Å². The molecule has 0 saturated carbocycles. The van der Waals surface area contributed by atoms with E-state index < -0.39 is 0 Å². The second-order valence-corrected chi connectivity index (χ2v) is 7.56. The summed E-state index contributed by atoms with van der Waals surface area (Å²) in [4.78, 5) is 22.4. The number of anilines is 1. The van der Waals surface area contributed by atoms with Gasteiger partial charge in [0.05, 0.1) is 17.4 Å². The van der Waals surface area contributed by atoms with Crippen molar-refractivity contribution in [2.45, 2.75) is 23.9 Å². The Labute approximate surface area is 173 Å². The number of hydrogen-bond donors (Lipinski definition) is 1. The fourth-order valence-electron chi connectivity index (χ4n) is 2.82. The van der Waals surface area contributed by atoms with Crippen molar-refractivity contribution >= 4 is 23.4 Å². The van der Waals surface area contributed by atoms with Crippen LogP contribution < -0.4 is 5.32 Å². The number of rotatable bonds is 5. The molecule has 0 bridgehead atoms. The lowest BCUT2D eigenvalue weighted by atomic mass is 10.3. The van der Waals surface area contributed by atoms with E-state index in [1.54, 1.807) is 17.1 Å². The molecule has 0 spiro atoms. The lowest BCUT2D eigenvalue weighted by Gasteiger charge is -2.06. The average molecular weight is 401 g/mol. The quantitative estimate of drug-likeness (QED) is 0.492. The molecule has 4 aromatic rings. The van der Waals surface area contributed by atoms with Crippen LogP contribution in [0.4, 0.5) is 5.69 Å². The Balaban J connectivity index is 1.42. The van der Waals surface area contributed by atoms with Crippen LogP contribution in [0, 0.1) is 13.8 Å². The number of carbonyl (C=O) groups is 1. The minimum absolute atomic E-state index is 0.203. The fourth-order valence-corrected chi connectivity index (χ4v) is 3.68. The van der Waals surface area contributed by atoms with E-state index in [0.717, 1.165) is 22.0 Å². The third-order valence-electron chi connectivity index (χ3n) is 4.15. The molecular formula is C22H19N5OS. The maximum Gasteiger partial charge on any atom is 0.258 e. The predicted molar refractivity (Wildman–Crippen MR) is 114 cm³/mol. The number of para-hydroxylation sites is 1. The molecule has 2 aromatic carbocycles. The SMILES string of the molecule is Cc1cc(C)nc(Sc2ccc(NC(=O)c3cnn(-c4ccccc4)c3)cc2)n1. The van der Waals surface area contributed by atoms with E-state index in [0.29, 0.717) is 16.4 Å². The third kappa shape index (κ3) is 4.70. The number of nitrogens with zero attached hydrogens (tertiary/aromatic N) is 4. The van der Waals surface area contributed by atoms with E-state index in [1.807, 2.05) is 74.5 Å². The first kappa shape index (κ1) is 18.9. The first-order valence-electron chi connectivity index (χ1n) is 9.08. The average Bonchev–Trinajstić information content (AvgIpc) is 3.20. The van der Waals surface area contributed by atoms with E-state index in [-0.39, 0.29) is 5.91 Å². The van der Waals surface area contributed by atoms with Gasteiger partial charge in [0, 0.05) is 28.2 Å². The fraction of sp³-hybridized carbons (Fsp3) is 0.0909. The highest BCUT2D eigenvalue weighted by Gasteiger charge is 2.10. The van der Waals surface area contributed by atoms with Crippen LogP contribution >= 0.6 is 11.8 Å². The molecule has 7 heteroatoms. The summed E-state index contributed by atoms with van der Waals surface area (Å²) in [6, 6.07) is 19.2. The monoisotopic (exact) mass is 401 g/mol. The standard InChI is InChI=1S/C22H19N5OS/c1-15-12-16(2)25-22(24-15)29-20-10-8-18(9-11-20)26-21(28)17-13-23-27(14-17)19-6-4-3-5-7-19/h3-14H,1-2H3,(H,26,28). The molecule has 0 atom stereocenters. The van der Waals surface area contributed by atoms with Crippen molar-refractivity contribution in [1.29, 1.82) is 0 Å². The normalized spacial score (nSPS) is 10.7. The second-order valence-electron chi connectivity index (χ2n) is 6.52. The smallest absolute Gasteiger partial charge is 0.258 e. The van der Waals surface area contributed by atoms with E-state index in [2.05, 4.69) is 20.4 Å². The van der Waals surface area contributed by atoms with Gasteiger partial charge in [-0.25, -0.2) is 14.6 Å². The molecule has 0 fully saturated rings. The molecular weight excluding hydrogens is 382 g/mol. The molecule has 29 heavy (non-hydrogen) atoms. The largest absolute Gasteiger partial charge is 0.322 e. The van der Waals surface area contributed by atoms with E-state index in [1.165, 1.54) is 11.8 Å². The van der Waals surface area contributed by atoms with Gasteiger partial charge in [-0.05, 0) is 68.1 Å². The molecule has 2 heterocycles. The maximum atomic E-state index is 12.5. The van der Waals surface area contributed by atoms with Crippen LogP contribution in [0.5, 0.6) is 0 Å². The number of amides is 1. The van der Waals surface area contributed by atoms with Crippen molar-refractivity contribution in [3.63, 3.8) is 0 Å². The van der Waals surface area contributed by atoms with Gasteiger partial charge in [0.25, 0.3) is 5.91 Å². The molecule has 144 valence electrons. The Morgan fingerprint density at radius 3 is 2.34 bits per heavy atom. The molecule has 2 aromatic heterocycles. The Hall–Kier alpha value is -3.45. The highest BCUT2D eigenvalue weighted by molar-refractivity contribution is 7.99. The minimum atomic E-state index is -0.203.